The van der Waals surface area contributed by atoms with Crippen molar-refractivity contribution >= 4 is 15.7 Å². The van der Waals surface area contributed by atoms with Gasteiger partial charge in [-0.05, 0) is 37.1 Å². The van der Waals surface area contributed by atoms with Crippen molar-refractivity contribution in [1.82, 2.24) is 4.72 Å². The number of rotatable bonds is 8. The molecule has 3 N–H and O–H groups in total. The Morgan fingerprint density at radius 3 is 2.45 bits per heavy atom. The zero-order chi connectivity index (χ0) is 15.2. The molecule has 0 fully saturated rings. The number of ether oxygens (including phenoxy) is 2. The number of aryl methyl sites for hydroxylation is 2. The highest BCUT2D eigenvalue weighted by Gasteiger charge is 2.17. The normalized spacial score (nSPS) is 11.8. The van der Waals surface area contributed by atoms with E-state index in [1.54, 1.807) is 19.2 Å². The van der Waals surface area contributed by atoms with E-state index in [-0.39, 0.29) is 23.7 Å². The molecule has 0 aliphatic rings. The first-order chi connectivity index (χ1) is 9.38. The lowest BCUT2D eigenvalue weighted by Crippen LogP contribution is -2.28. The Hall–Kier alpha value is -1.15. The second kappa shape index (κ2) is 7.58. The van der Waals surface area contributed by atoms with Crippen LogP contribution in [-0.2, 0) is 19.5 Å². The summed E-state index contributed by atoms with van der Waals surface area (Å²) >= 11 is 0. The fourth-order valence-electron chi connectivity index (χ4n) is 1.62. The van der Waals surface area contributed by atoms with E-state index in [1.165, 1.54) is 0 Å². The van der Waals surface area contributed by atoms with Crippen LogP contribution in [0.2, 0.25) is 0 Å². The molecule has 114 valence electrons. The molecule has 0 radical (unpaired) electrons. The van der Waals surface area contributed by atoms with E-state index in [0.29, 0.717) is 13.2 Å². The van der Waals surface area contributed by atoms with E-state index >= 15 is 0 Å². The molecule has 0 saturated heterocycles. The summed E-state index contributed by atoms with van der Waals surface area (Å²) in [6, 6.07) is 3.25. The van der Waals surface area contributed by atoms with Gasteiger partial charge in [0.1, 0.15) is 4.90 Å². The molecule has 0 spiro atoms. The molecule has 1 aromatic rings. The van der Waals surface area contributed by atoms with E-state index in [2.05, 4.69) is 4.72 Å². The van der Waals surface area contributed by atoms with E-state index in [0.717, 1.165) is 11.1 Å². The molecule has 0 heterocycles. The highest BCUT2D eigenvalue weighted by Crippen LogP contribution is 2.22. The number of sulfonamides is 1. The first-order valence-electron chi connectivity index (χ1n) is 6.31. The van der Waals surface area contributed by atoms with Gasteiger partial charge in [0.05, 0.1) is 25.5 Å². The quantitative estimate of drug-likeness (QED) is 0.548. The van der Waals surface area contributed by atoms with Crippen molar-refractivity contribution in [1.29, 1.82) is 0 Å². The molecule has 20 heavy (non-hydrogen) atoms. The van der Waals surface area contributed by atoms with Crippen LogP contribution < -0.4 is 10.5 Å². The molecule has 1 rings (SSSR count). The summed E-state index contributed by atoms with van der Waals surface area (Å²) in [4.78, 5) is 0.109. The smallest absolute Gasteiger partial charge is 0.242 e. The molecule has 0 unspecified atom stereocenters. The van der Waals surface area contributed by atoms with E-state index < -0.39 is 10.0 Å². The first kappa shape index (κ1) is 16.9. The summed E-state index contributed by atoms with van der Waals surface area (Å²) in [5.41, 5.74) is 7.88. The van der Waals surface area contributed by atoms with Gasteiger partial charge in [0, 0.05) is 13.7 Å². The lowest BCUT2D eigenvalue weighted by molar-refractivity contribution is 0.0736. The van der Waals surface area contributed by atoms with Crippen LogP contribution in [0.1, 0.15) is 11.1 Å². The Balaban J connectivity index is 2.63. The molecule has 7 heteroatoms. The van der Waals surface area contributed by atoms with Gasteiger partial charge in [0.15, 0.2) is 0 Å². The van der Waals surface area contributed by atoms with Gasteiger partial charge in [-0.25, -0.2) is 13.1 Å². The van der Waals surface area contributed by atoms with Crippen LogP contribution in [0.25, 0.3) is 0 Å². The van der Waals surface area contributed by atoms with Crippen molar-refractivity contribution in [2.45, 2.75) is 18.7 Å². The topological polar surface area (TPSA) is 90.6 Å². The van der Waals surface area contributed by atoms with Crippen LogP contribution in [-0.4, -0.2) is 41.9 Å². The zero-order valence-electron chi connectivity index (χ0n) is 12.1. The maximum absolute atomic E-state index is 12.1. The van der Waals surface area contributed by atoms with Crippen molar-refractivity contribution in [2.24, 2.45) is 0 Å². The highest BCUT2D eigenvalue weighted by molar-refractivity contribution is 7.89. The van der Waals surface area contributed by atoms with Crippen LogP contribution in [0.4, 0.5) is 5.69 Å². The summed E-state index contributed by atoms with van der Waals surface area (Å²) in [7, 11) is -2.03. The Bertz CT molecular complexity index is 544. The number of nitrogens with one attached hydrogen (secondary N) is 1. The van der Waals surface area contributed by atoms with Gasteiger partial charge < -0.3 is 15.2 Å². The maximum atomic E-state index is 12.1. The van der Waals surface area contributed by atoms with Crippen molar-refractivity contribution in [3.63, 3.8) is 0 Å². The average Bonchev–Trinajstić information content (AvgIpc) is 2.37. The number of methoxy groups -OCH3 is 1. The second-order valence-corrected chi connectivity index (χ2v) is 6.21. The molecule has 1 aromatic carbocycles. The number of nitrogen functional groups attached to an aromatic ring is 1. The largest absolute Gasteiger partial charge is 0.398 e. The maximum Gasteiger partial charge on any atom is 0.242 e. The van der Waals surface area contributed by atoms with Gasteiger partial charge in [-0.3, -0.25) is 0 Å². The van der Waals surface area contributed by atoms with Crippen LogP contribution >= 0.6 is 0 Å². The van der Waals surface area contributed by atoms with Crippen LogP contribution in [0, 0.1) is 13.8 Å². The lowest BCUT2D eigenvalue weighted by Gasteiger charge is -2.11. The highest BCUT2D eigenvalue weighted by atomic mass is 32.2. The minimum Gasteiger partial charge on any atom is -0.398 e. The lowest BCUT2D eigenvalue weighted by atomic mass is 10.1. The molecule has 0 amide bonds. The van der Waals surface area contributed by atoms with Gasteiger partial charge in [-0.2, -0.15) is 0 Å². The number of nitrogens with two attached hydrogens (primary N) is 1. The Morgan fingerprint density at radius 1 is 1.15 bits per heavy atom. The van der Waals surface area contributed by atoms with Crippen molar-refractivity contribution in [3.8, 4) is 0 Å². The molecule has 0 atom stereocenters. The van der Waals surface area contributed by atoms with Crippen molar-refractivity contribution in [2.75, 3.05) is 39.2 Å². The third-order valence-corrected chi connectivity index (χ3v) is 4.40. The van der Waals surface area contributed by atoms with E-state index in [4.69, 9.17) is 15.2 Å². The van der Waals surface area contributed by atoms with Gasteiger partial charge in [-0.1, -0.05) is 0 Å². The third kappa shape index (κ3) is 4.75. The summed E-state index contributed by atoms with van der Waals surface area (Å²) in [6.45, 7) is 5.13. The monoisotopic (exact) mass is 302 g/mol. The first-order valence-corrected chi connectivity index (χ1v) is 7.80. The van der Waals surface area contributed by atoms with Gasteiger partial charge >= 0.3 is 0 Å². The molecular formula is C13H22N2O4S. The minimum absolute atomic E-state index is 0.109. The van der Waals surface area contributed by atoms with E-state index in [1.807, 2.05) is 13.8 Å². The third-order valence-electron chi connectivity index (χ3n) is 2.89. The Morgan fingerprint density at radius 2 is 1.80 bits per heavy atom. The molecule has 0 aliphatic carbocycles. The van der Waals surface area contributed by atoms with Gasteiger partial charge in [0.2, 0.25) is 10.0 Å². The second-order valence-electron chi connectivity index (χ2n) is 4.48. The standard InChI is InChI=1S/C13H22N2O4S/c1-10-8-12(14)13(9-11(10)2)20(16,17)15-4-5-19-7-6-18-3/h8-9,15H,4-7,14H2,1-3H3. The summed E-state index contributed by atoms with van der Waals surface area (Å²) in [6.07, 6.45) is 0. The van der Waals surface area contributed by atoms with Crippen LogP contribution in [0.5, 0.6) is 0 Å². The van der Waals surface area contributed by atoms with Crippen molar-refractivity contribution in [3.05, 3.63) is 23.3 Å². The molecule has 0 aliphatic heterocycles. The Labute approximate surface area is 120 Å². The minimum atomic E-state index is -3.61. The number of anilines is 1. The summed E-state index contributed by atoms with van der Waals surface area (Å²) in [5, 5.41) is 0. The number of hydrogen-bond donors (Lipinski definition) is 2. The molecule has 0 aromatic heterocycles. The van der Waals surface area contributed by atoms with Gasteiger partial charge in [-0.15, -0.1) is 0 Å². The molecule has 0 saturated carbocycles. The molecular weight excluding hydrogens is 280 g/mol. The fourth-order valence-corrected chi connectivity index (χ4v) is 2.82. The zero-order valence-corrected chi connectivity index (χ0v) is 12.9. The van der Waals surface area contributed by atoms with Crippen LogP contribution in [0.3, 0.4) is 0 Å². The predicted octanol–water partition coefficient (Wildman–Crippen LogP) is 0.827. The molecule has 0 bridgehead atoms. The number of benzene rings is 1. The van der Waals surface area contributed by atoms with Crippen molar-refractivity contribution < 1.29 is 17.9 Å². The fraction of sp³-hybridized carbons (Fsp3) is 0.538. The SMILES string of the molecule is COCCOCCNS(=O)(=O)c1cc(C)c(C)cc1N. The van der Waals surface area contributed by atoms with Gasteiger partial charge in [0.25, 0.3) is 0 Å². The molecule has 6 nitrogen and oxygen atoms in total. The van der Waals surface area contributed by atoms with E-state index in [9.17, 15) is 8.42 Å². The average molecular weight is 302 g/mol. The van der Waals surface area contributed by atoms with Crippen LogP contribution in [0.15, 0.2) is 17.0 Å². The Kier molecular flexibility index (Phi) is 6.41. The summed E-state index contributed by atoms with van der Waals surface area (Å²) in [5.74, 6) is 0. The number of hydrogen-bond acceptors (Lipinski definition) is 5. The summed E-state index contributed by atoms with van der Waals surface area (Å²) < 4.78 is 36.7. The predicted molar refractivity (Wildman–Crippen MR) is 78.2 cm³/mol.